The molecule has 7 nitrogen and oxygen atoms in total. The fraction of sp³-hybridized carbons (Fsp3) is 0.333. The summed E-state index contributed by atoms with van der Waals surface area (Å²) in [5.41, 5.74) is 6.15. The first kappa shape index (κ1) is 16.9. The van der Waals surface area contributed by atoms with Crippen LogP contribution in [0.2, 0.25) is 0 Å². The fourth-order valence-electron chi connectivity index (χ4n) is 3.22. The Morgan fingerprint density at radius 2 is 1.64 bits per heavy atom. The van der Waals surface area contributed by atoms with E-state index in [0.29, 0.717) is 0 Å². The maximum absolute atomic E-state index is 11.5. The van der Waals surface area contributed by atoms with Crippen LogP contribution in [0, 0.1) is 6.92 Å². The van der Waals surface area contributed by atoms with Gasteiger partial charge >= 0.3 is 12.2 Å². The van der Waals surface area contributed by atoms with E-state index >= 15 is 0 Å². The third-order valence-electron chi connectivity index (χ3n) is 4.45. The van der Waals surface area contributed by atoms with Crippen molar-refractivity contribution < 1.29 is 19.1 Å². The normalized spacial score (nSPS) is 11.5. The molecule has 2 heterocycles. The number of rotatable bonds is 4. The number of benzene rings is 1. The van der Waals surface area contributed by atoms with E-state index in [-0.39, 0.29) is 13.2 Å². The second kappa shape index (κ2) is 6.88. The maximum Gasteiger partial charge on any atom is 0.407 e. The van der Waals surface area contributed by atoms with Crippen LogP contribution in [0.4, 0.5) is 9.59 Å². The third-order valence-corrected chi connectivity index (χ3v) is 4.45. The zero-order chi connectivity index (χ0) is 18.0. The maximum atomic E-state index is 11.5. The summed E-state index contributed by atoms with van der Waals surface area (Å²) < 4.78 is 12.7. The molecular weight excluding hydrogens is 322 g/mol. The van der Waals surface area contributed by atoms with Crippen LogP contribution >= 0.6 is 0 Å². The van der Waals surface area contributed by atoms with Gasteiger partial charge in [-0.15, -0.1) is 0 Å². The second-order valence-corrected chi connectivity index (χ2v) is 5.78. The first-order valence-corrected chi connectivity index (χ1v) is 8.06. The number of carbonyl (C=O) groups is 2. The highest BCUT2D eigenvalue weighted by Crippen LogP contribution is 2.36. The summed E-state index contributed by atoms with van der Waals surface area (Å²) in [5.74, 6) is 0. The smallest absolute Gasteiger partial charge is 0.407 e. The summed E-state index contributed by atoms with van der Waals surface area (Å²) in [6.45, 7) is 2.24. The number of nitrogens with zero attached hydrogens (tertiary/aromatic N) is 1. The number of ether oxygens (including phenoxy) is 2. The lowest BCUT2D eigenvalue weighted by atomic mass is 10.0. The van der Waals surface area contributed by atoms with Gasteiger partial charge in [0.15, 0.2) is 0 Å². The van der Waals surface area contributed by atoms with E-state index in [0.717, 1.165) is 34.6 Å². The SMILES string of the molecule is CNC(=O)OCc1c(COC(=O)NC)c2n(c1C)-c1ccccc1C2. The highest BCUT2D eigenvalue weighted by molar-refractivity contribution is 5.68. The molecule has 1 aromatic heterocycles. The number of nitrogens with one attached hydrogen (secondary N) is 2. The minimum atomic E-state index is -0.496. The van der Waals surface area contributed by atoms with Gasteiger partial charge in [-0.1, -0.05) is 18.2 Å². The van der Waals surface area contributed by atoms with E-state index in [2.05, 4.69) is 27.3 Å². The standard InChI is InChI=1S/C18H21N3O4/c1-11-13(9-24-17(22)19-2)14(10-25-18(23)20-3)16-8-12-6-4-5-7-15(12)21(11)16/h4-7H,8-10H2,1-3H3,(H,19,22)(H,20,23). The van der Waals surface area contributed by atoms with E-state index in [1.807, 2.05) is 19.1 Å². The molecule has 3 rings (SSSR count). The van der Waals surface area contributed by atoms with Crippen molar-refractivity contribution in [1.82, 2.24) is 15.2 Å². The predicted molar refractivity (Wildman–Crippen MR) is 91.8 cm³/mol. The minimum absolute atomic E-state index is 0.125. The topological polar surface area (TPSA) is 81.6 Å². The van der Waals surface area contributed by atoms with Crippen LogP contribution in [-0.4, -0.2) is 30.8 Å². The van der Waals surface area contributed by atoms with Crippen molar-refractivity contribution in [2.24, 2.45) is 0 Å². The largest absolute Gasteiger partial charge is 0.445 e. The summed E-state index contributed by atoms with van der Waals surface area (Å²) in [4.78, 5) is 23.0. The summed E-state index contributed by atoms with van der Waals surface area (Å²) in [6, 6.07) is 8.16. The lowest BCUT2D eigenvalue weighted by Crippen LogP contribution is -2.20. The van der Waals surface area contributed by atoms with Crippen LogP contribution in [-0.2, 0) is 29.1 Å². The Bertz CT molecular complexity index is 826. The molecule has 2 amide bonds. The second-order valence-electron chi connectivity index (χ2n) is 5.78. The summed E-state index contributed by atoms with van der Waals surface area (Å²) in [5, 5.41) is 4.88. The van der Waals surface area contributed by atoms with Crippen LogP contribution in [0.15, 0.2) is 24.3 Å². The van der Waals surface area contributed by atoms with Gasteiger partial charge in [0.1, 0.15) is 13.2 Å². The van der Waals surface area contributed by atoms with E-state index in [1.165, 1.54) is 19.7 Å². The molecule has 0 atom stereocenters. The number of alkyl carbamates (subject to hydrolysis) is 2. The summed E-state index contributed by atoms with van der Waals surface area (Å²) in [6.07, 6.45) is -0.237. The van der Waals surface area contributed by atoms with Crippen molar-refractivity contribution in [3.63, 3.8) is 0 Å². The van der Waals surface area contributed by atoms with Gasteiger partial charge in [-0.25, -0.2) is 9.59 Å². The van der Waals surface area contributed by atoms with Gasteiger partial charge < -0.3 is 24.7 Å². The Morgan fingerprint density at radius 1 is 1.04 bits per heavy atom. The number of hydrogen-bond donors (Lipinski definition) is 2. The molecule has 0 saturated heterocycles. The van der Waals surface area contributed by atoms with Crippen LogP contribution < -0.4 is 10.6 Å². The number of amides is 2. The molecule has 1 aliphatic heterocycles. The van der Waals surface area contributed by atoms with Crippen LogP contribution in [0.1, 0.15) is 28.1 Å². The minimum Gasteiger partial charge on any atom is -0.445 e. The molecule has 0 unspecified atom stereocenters. The molecule has 132 valence electrons. The predicted octanol–water partition coefficient (Wildman–Crippen LogP) is 2.40. The Morgan fingerprint density at radius 3 is 2.28 bits per heavy atom. The number of fused-ring (bicyclic) bond motifs is 3. The van der Waals surface area contributed by atoms with Gasteiger partial charge in [-0.2, -0.15) is 0 Å². The highest BCUT2D eigenvalue weighted by atomic mass is 16.6. The zero-order valence-electron chi connectivity index (χ0n) is 14.5. The third kappa shape index (κ3) is 3.05. The highest BCUT2D eigenvalue weighted by Gasteiger charge is 2.28. The van der Waals surface area contributed by atoms with E-state index in [9.17, 15) is 9.59 Å². The molecule has 0 radical (unpaired) electrons. The van der Waals surface area contributed by atoms with E-state index in [4.69, 9.17) is 9.47 Å². The Kier molecular flexibility index (Phi) is 4.65. The van der Waals surface area contributed by atoms with Crippen molar-refractivity contribution >= 4 is 12.2 Å². The van der Waals surface area contributed by atoms with E-state index < -0.39 is 12.2 Å². The number of carbonyl (C=O) groups excluding carboxylic acids is 2. The van der Waals surface area contributed by atoms with Gasteiger partial charge in [0.05, 0.1) is 0 Å². The number of aromatic nitrogens is 1. The molecule has 25 heavy (non-hydrogen) atoms. The lowest BCUT2D eigenvalue weighted by molar-refractivity contribution is 0.134. The molecule has 1 aliphatic rings. The fourth-order valence-corrected chi connectivity index (χ4v) is 3.22. The summed E-state index contributed by atoms with van der Waals surface area (Å²) >= 11 is 0. The molecule has 7 heteroatoms. The number of para-hydroxylation sites is 1. The van der Waals surface area contributed by atoms with Crippen LogP contribution in [0.25, 0.3) is 5.69 Å². The van der Waals surface area contributed by atoms with Crippen molar-refractivity contribution in [3.8, 4) is 5.69 Å². The molecule has 0 aliphatic carbocycles. The first-order valence-electron chi connectivity index (χ1n) is 8.06. The molecule has 2 aromatic rings. The van der Waals surface area contributed by atoms with Crippen molar-refractivity contribution in [2.75, 3.05) is 14.1 Å². The Labute approximate surface area is 145 Å². The van der Waals surface area contributed by atoms with Crippen molar-refractivity contribution in [2.45, 2.75) is 26.6 Å². The van der Waals surface area contributed by atoms with Crippen LogP contribution in [0.3, 0.4) is 0 Å². The van der Waals surface area contributed by atoms with Crippen molar-refractivity contribution in [3.05, 3.63) is 52.3 Å². The molecular formula is C18H21N3O4. The van der Waals surface area contributed by atoms with Gasteiger partial charge in [-0.05, 0) is 18.6 Å². The lowest BCUT2D eigenvalue weighted by Gasteiger charge is -2.10. The molecule has 0 saturated carbocycles. The average Bonchev–Trinajstić information content (AvgIpc) is 3.13. The van der Waals surface area contributed by atoms with Crippen LogP contribution in [0.5, 0.6) is 0 Å². The Balaban J connectivity index is 1.99. The molecule has 1 aromatic carbocycles. The zero-order valence-corrected chi connectivity index (χ0v) is 14.5. The molecule has 0 bridgehead atoms. The van der Waals surface area contributed by atoms with Gasteiger partial charge in [0, 0.05) is 48.7 Å². The van der Waals surface area contributed by atoms with E-state index in [1.54, 1.807) is 0 Å². The first-order chi connectivity index (χ1) is 12.1. The van der Waals surface area contributed by atoms with Crippen molar-refractivity contribution in [1.29, 1.82) is 0 Å². The molecule has 0 fully saturated rings. The summed E-state index contributed by atoms with van der Waals surface area (Å²) in [7, 11) is 3.03. The molecule has 2 N–H and O–H groups in total. The van der Waals surface area contributed by atoms with Gasteiger partial charge in [0.2, 0.25) is 0 Å². The van der Waals surface area contributed by atoms with Gasteiger partial charge in [-0.3, -0.25) is 0 Å². The number of hydrogen-bond acceptors (Lipinski definition) is 4. The monoisotopic (exact) mass is 343 g/mol. The molecule has 0 spiro atoms. The Hall–Kier alpha value is -2.96. The average molecular weight is 343 g/mol. The quantitative estimate of drug-likeness (QED) is 0.762. The van der Waals surface area contributed by atoms with Gasteiger partial charge in [0.25, 0.3) is 0 Å².